The third kappa shape index (κ3) is 2.96. The number of rotatable bonds is 3. The first-order valence-electron chi connectivity index (χ1n) is 5.18. The summed E-state index contributed by atoms with van der Waals surface area (Å²) in [5.74, 6) is 0.156. The molecule has 0 saturated heterocycles. The van der Waals surface area contributed by atoms with E-state index in [1.165, 1.54) is 18.3 Å². The zero-order valence-electron chi connectivity index (χ0n) is 9.71. The van der Waals surface area contributed by atoms with E-state index < -0.39 is 4.92 Å². The maximum Gasteiger partial charge on any atom is 0.272 e. The normalized spacial score (nSPS) is 9.85. The summed E-state index contributed by atoms with van der Waals surface area (Å²) in [6.07, 6.45) is 1.39. The molecule has 0 spiro atoms. The van der Waals surface area contributed by atoms with Crippen LogP contribution in [0, 0.1) is 21.4 Å². The highest BCUT2D eigenvalue weighted by Crippen LogP contribution is 2.38. The van der Waals surface area contributed by atoms with Gasteiger partial charge in [-0.3, -0.25) is 10.1 Å². The number of nitriles is 1. The number of aromatic nitrogens is 1. The molecular weight excluding hydrogens is 305 g/mol. The van der Waals surface area contributed by atoms with Crippen LogP contribution in [0.25, 0.3) is 0 Å². The van der Waals surface area contributed by atoms with E-state index in [0.717, 1.165) is 12.1 Å². The van der Waals surface area contributed by atoms with Crippen molar-refractivity contribution in [1.29, 1.82) is 5.26 Å². The number of pyridine rings is 1. The molecule has 20 heavy (non-hydrogen) atoms. The van der Waals surface area contributed by atoms with Crippen LogP contribution in [0.1, 0.15) is 5.56 Å². The van der Waals surface area contributed by atoms with Gasteiger partial charge in [-0.15, -0.1) is 0 Å². The fourth-order valence-electron chi connectivity index (χ4n) is 1.39. The molecule has 8 heteroatoms. The van der Waals surface area contributed by atoms with E-state index in [0.29, 0.717) is 5.56 Å². The van der Waals surface area contributed by atoms with Crippen molar-refractivity contribution in [2.24, 2.45) is 0 Å². The predicted molar refractivity (Wildman–Crippen MR) is 72.1 cm³/mol. The van der Waals surface area contributed by atoms with Crippen molar-refractivity contribution in [1.82, 2.24) is 4.98 Å². The van der Waals surface area contributed by atoms with Gasteiger partial charge in [0.25, 0.3) is 5.69 Å². The number of nitro benzene ring substituents is 1. The highest BCUT2D eigenvalue weighted by atomic mass is 35.5. The van der Waals surface area contributed by atoms with Crippen molar-refractivity contribution in [2.45, 2.75) is 0 Å². The Kier molecular flexibility index (Phi) is 4.03. The number of nitro groups is 1. The molecule has 0 fully saturated rings. The topological polar surface area (TPSA) is 89.0 Å². The number of benzene rings is 1. The molecule has 0 radical (unpaired) electrons. The smallest absolute Gasteiger partial charge is 0.272 e. The van der Waals surface area contributed by atoms with Crippen LogP contribution < -0.4 is 4.74 Å². The standard InChI is InChI=1S/C12H5Cl2N3O3/c13-9-4-8(17(18)19)5-10(14)12(9)20-11-3-7(6-15)1-2-16-11/h1-5H. The fourth-order valence-corrected chi connectivity index (χ4v) is 1.94. The summed E-state index contributed by atoms with van der Waals surface area (Å²) >= 11 is 11.8. The number of nitrogens with zero attached hydrogens (tertiary/aromatic N) is 3. The lowest BCUT2D eigenvalue weighted by Crippen LogP contribution is -1.93. The molecule has 0 amide bonds. The summed E-state index contributed by atoms with van der Waals surface area (Å²) in [4.78, 5) is 13.9. The maximum atomic E-state index is 10.7. The summed E-state index contributed by atoms with van der Waals surface area (Å²) in [6, 6.07) is 7.08. The van der Waals surface area contributed by atoms with Gasteiger partial charge >= 0.3 is 0 Å². The van der Waals surface area contributed by atoms with Gasteiger partial charge in [-0.1, -0.05) is 23.2 Å². The highest BCUT2D eigenvalue weighted by molar-refractivity contribution is 6.37. The van der Waals surface area contributed by atoms with Crippen molar-refractivity contribution in [2.75, 3.05) is 0 Å². The Bertz CT molecular complexity index is 705. The van der Waals surface area contributed by atoms with Crippen LogP contribution >= 0.6 is 23.2 Å². The second kappa shape index (κ2) is 5.74. The zero-order chi connectivity index (χ0) is 14.7. The molecule has 1 aromatic heterocycles. The van der Waals surface area contributed by atoms with Gasteiger partial charge in [0.2, 0.25) is 5.88 Å². The lowest BCUT2D eigenvalue weighted by Gasteiger charge is -2.08. The van der Waals surface area contributed by atoms with E-state index >= 15 is 0 Å². The van der Waals surface area contributed by atoms with Gasteiger partial charge in [-0.05, 0) is 6.07 Å². The minimum Gasteiger partial charge on any atom is -0.436 e. The Morgan fingerprint density at radius 2 is 1.95 bits per heavy atom. The SMILES string of the molecule is N#Cc1ccnc(Oc2c(Cl)cc([N+](=O)[O-])cc2Cl)c1. The minimum absolute atomic E-state index is 0.0200. The molecular formula is C12H5Cl2N3O3. The number of ether oxygens (including phenoxy) is 1. The third-order valence-corrected chi connectivity index (χ3v) is 2.83. The van der Waals surface area contributed by atoms with Gasteiger partial charge in [-0.25, -0.2) is 4.98 Å². The number of hydrogen-bond donors (Lipinski definition) is 0. The van der Waals surface area contributed by atoms with Crippen molar-refractivity contribution >= 4 is 28.9 Å². The average Bonchev–Trinajstić information content (AvgIpc) is 2.42. The van der Waals surface area contributed by atoms with Crippen LogP contribution in [-0.2, 0) is 0 Å². The number of hydrogen-bond acceptors (Lipinski definition) is 5. The molecule has 0 aliphatic carbocycles. The largest absolute Gasteiger partial charge is 0.436 e. The first-order chi connectivity index (χ1) is 9.51. The molecule has 0 aliphatic rings. The summed E-state index contributed by atoms with van der Waals surface area (Å²) in [5.41, 5.74) is 0.107. The van der Waals surface area contributed by atoms with Crippen LogP contribution in [0.2, 0.25) is 10.0 Å². The Balaban J connectivity index is 2.39. The summed E-state index contributed by atoms with van der Waals surface area (Å²) in [6.45, 7) is 0. The molecule has 0 bridgehead atoms. The molecule has 100 valence electrons. The molecule has 0 N–H and O–H groups in total. The molecule has 1 heterocycles. The summed E-state index contributed by atoms with van der Waals surface area (Å²) < 4.78 is 5.37. The van der Waals surface area contributed by atoms with E-state index in [1.54, 1.807) is 0 Å². The van der Waals surface area contributed by atoms with Gasteiger partial charge < -0.3 is 4.74 Å². The van der Waals surface area contributed by atoms with Gasteiger partial charge in [0, 0.05) is 24.4 Å². The Morgan fingerprint density at radius 3 is 2.50 bits per heavy atom. The number of non-ortho nitro benzene ring substituents is 1. The molecule has 0 saturated carbocycles. The van der Waals surface area contributed by atoms with Crippen LogP contribution in [0.15, 0.2) is 30.5 Å². The molecule has 0 aliphatic heterocycles. The van der Waals surface area contributed by atoms with Crippen molar-refractivity contribution in [3.05, 3.63) is 56.2 Å². The van der Waals surface area contributed by atoms with E-state index in [-0.39, 0.29) is 27.4 Å². The third-order valence-electron chi connectivity index (χ3n) is 2.26. The fraction of sp³-hybridized carbons (Fsp3) is 0. The lowest BCUT2D eigenvalue weighted by atomic mass is 10.3. The van der Waals surface area contributed by atoms with E-state index in [9.17, 15) is 10.1 Å². The van der Waals surface area contributed by atoms with Gasteiger partial charge in [0.15, 0.2) is 5.75 Å². The molecule has 1 aromatic carbocycles. The van der Waals surface area contributed by atoms with Gasteiger partial charge in [0.1, 0.15) is 0 Å². The molecule has 6 nitrogen and oxygen atoms in total. The molecule has 2 aromatic rings. The summed E-state index contributed by atoms with van der Waals surface area (Å²) in [7, 11) is 0. The molecule has 2 rings (SSSR count). The first-order valence-corrected chi connectivity index (χ1v) is 5.94. The predicted octanol–water partition coefficient (Wildman–Crippen LogP) is 3.96. The highest BCUT2D eigenvalue weighted by Gasteiger charge is 2.16. The first kappa shape index (κ1) is 14.1. The van der Waals surface area contributed by atoms with Crippen LogP contribution in [0.5, 0.6) is 11.6 Å². The van der Waals surface area contributed by atoms with E-state index in [4.69, 9.17) is 33.2 Å². The van der Waals surface area contributed by atoms with E-state index in [1.807, 2.05) is 6.07 Å². The summed E-state index contributed by atoms with van der Waals surface area (Å²) in [5, 5.41) is 19.4. The van der Waals surface area contributed by atoms with Crippen LogP contribution in [0.4, 0.5) is 5.69 Å². The Morgan fingerprint density at radius 1 is 1.30 bits per heavy atom. The number of halogens is 2. The van der Waals surface area contributed by atoms with Gasteiger partial charge in [0.05, 0.1) is 26.6 Å². The van der Waals surface area contributed by atoms with Crippen LogP contribution in [0.3, 0.4) is 0 Å². The zero-order valence-corrected chi connectivity index (χ0v) is 11.2. The molecule has 0 unspecified atom stereocenters. The second-order valence-corrected chi connectivity index (χ2v) is 4.41. The van der Waals surface area contributed by atoms with E-state index in [2.05, 4.69) is 4.98 Å². The minimum atomic E-state index is -0.615. The Labute approximate surface area is 123 Å². The monoisotopic (exact) mass is 309 g/mol. The maximum absolute atomic E-state index is 10.7. The average molecular weight is 310 g/mol. The lowest BCUT2D eigenvalue weighted by molar-refractivity contribution is -0.384. The second-order valence-electron chi connectivity index (χ2n) is 3.59. The van der Waals surface area contributed by atoms with Crippen molar-refractivity contribution in [3.8, 4) is 17.7 Å². The van der Waals surface area contributed by atoms with Crippen LogP contribution in [-0.4, -0.2) is 9.91 Å². The van der Waals surface area contributed by atoms with Crippen molar-refractivity contribution in [3.63, 3.8) is 0 Å². The molecule has 0 atom stereocenters. The van der Waals surface area contributed by atoms with Gasteiger partial charge in [-0.2, -0.15) is 5.26 Å². The quantitative estimate of drug-likeness (QED) is 0.632. The van der Waals surface area contributed by atoms with Crippen molar-refractivity contribution < 1.29 is 9.66 Å². The Hall–Kier alpha value is -2.36.